The zero-order valence-electron chi connectivity index (χ0n) is 13.2. The lowest BCUT2D eigenvalue weighted by molar-refractivity contribution is 0.213. The maximum absolute atomic E-state index is 3.39. The standard InChI is InChI=1S/C18H30N2/c1-3-13-20-14-10-18(11-15-20)17-7-5-16(6-8-17)9-12-19-4-2/h5-8,18-19H,3-4,9-15H2,1-2H3. The van der Waals surface area contributed by atoms with Crippen LogP contribution in [0.1, 0.15) is 50.2 Å². The molecule has 0 aliphatic carbocycles. The van der Waals surface area contributed by atoms with Gasteiger partial charge in [-0.05, 0) is 75.5 Å². The van der Waals surface area contributed by atoms with Gasteiger partial charge in [-0.1, -0.05) is 38.1 Å². The van der Waals surface area contributed by atoms with Gasteiger partial charge < -0.3 is 10.2 Å². The Morgan fingerprint density at radius 2 is 1.80 bits per heavy atom. The van der Waals surface area contributed by atoms with E-state index in [9.17, 15) is 0 Å². The molecule has 1 aromatic rings. The van der Waals surface area contributed by atoms with Crippen molar-refractivity contribution in [3.63, 3.8) is 0 Å². The van der Waals surface area contributed by atoms with E-state index in [4.69, 9.17) is 0 Å². The molecule has 0 radical (unpaired) electrons. The second-order valence-corrected chi connectivity index (χ2v) is 5.96. The third-order valence-corrected chi connectivity index (χ3v) is 4.42. The van der Waals surface area contributed by atoms with Gasteiger partial charge in [-0.25, -0.2) is 0 Å². The summed E-state index contributed by atoms with van der Waals surface area (Å²) in [6, 6.07) is 9.37. The summed E-state index contributed by atoms with van der Waals surface area (Å²) in [5.41, 5.74) is 3.01. The van der Waals surface area contributed by atoms with E-state index in [1.165, 1.54) is 44.5 Å². The van der Waals surface area contributed by atoms with Gasteiger partial charge in [-0.15, -0.1) is 0 Å². The van der Waals surface area contributed by atoms with Gasteiger partial charge in [0.15, 0.2) is 0 Å². The minimum atomic E-state index is 0.783. The van der Waals surface area contributed by atoms with Gasteiger partial charge in [0.25, 0.3) is 0 Å². The van der Waals surface area contributed by atoms with Crippen molar-refractivity contribution >= 4 is 0 Å². The number of piperidine rings is 1. The van der Waals surface area contributed by atoms with E-state index in [1.807, 2.05) is 0 Å². The predicted molar refractivity (Wildman–Crippen MR) is 87.4 cm³/mol. The Bertz CT molecular complexity index is 364. The largest absolute Gasteiger partial charge is 0.317 e. The van der Waals surface area contributed by atoms with Gasteiger partial charge in [0, 0.05) is 0 Å². The third-order valence-electron chi connectivity index (χ3n) is 4.42. The fourth-order valence-corrected chi connectivity index (χ4v) is 3.17. The summed E-state index contributed by atoms with van der Waals surface area (Å²) in [5.74, 6) is 0.783. The highest BCUT2D eigenvalue weighted by Gasteiger charge is 2.19. The minimum absolute atomic E-state index is 0.783. The number of hydrogen-bond acceptors (Lipinski definition) is 2. The Hall–Kier alpha value is -0.860. The molecule has 1 heterocycles. The predicted octanol–water partition coefficient (Wildman–Crippen LogP) is 3.43. The summed E-state index contributed by atoms with van der Waals surface area (Å²) < 4.78 is 0. The second-order valence-electron chi connectivity index (χ2n) is 5.96. The van der Waals surface area contributed by atoms with Gasteiger partial charge in [0.05, 0.1) is 0 Å². The van der Waals surface area contributed by atoms with Crippen molar-refractivity contribution in [1.29, 1.82) is 0 Å². The Morgan fingerprint density at radius 1 is 1.10 bits per heavy atom. The molecular formula is C18H30N2. The molecule has 0 aromatic heterocycles. The topological polar surface area (TPSA) is 15.3 Å². The maximum Gasteiger partial charge on any atom is -0.000847 e. The highest BCUT2D eigenvalue weighted by molar-refractivity contribution is 5.26. The molecule has 1 aliphatic heterocycles. The van der Waals surface area contributed by atoms with Crippen LogP contribution in [0, 0.1) is 0 Å². The number of nitrogens with one attached hydrogen (secondary N) is 1. The van der Waals surface area contributed by atoms with E-state index >= 15 is 0 Å². The van der Waals surface area contributed by atoms with E-state index in [1.54, 1.807) is 5.56 Å². The quantitative estimate of drug-likeness (QED) is 0.766. The lowest BCUT2D eigenvalue weighted by atomic mass is 9.89. The first-order chi connectivity index (χ1) is 9.83. The van der Waals surface area contributed by atoms with Gasteiger partial charge in [0.1, 0.15) is 0 Å². The molecule has 2 heteroatoms. The van der Waals surface area contributed by atoms with Gasteiger partial charge in [-0.2, -0.15) is 0 Å². The molecule has 0 bridgehead atoms. The first-order valence-corrected chi connectivity index (χ1v) is 8.35. The van der Waals surface area contributed by atoms with Crippen LogP contribution in [0.15, 0.2) is 24.3 Å². The molecule has 1 saturated heterocycles. The van der Waals surface area contributed by atoms with Crippen molar-refractivity contribution in [1.82, 2.24) is 10.2 Å². The van der Waals surface area contributed by atoms with E-state index in [2.05, 4.69) is 48.3 Å². The van der Waals surface area contributed by atoms with Gasteiger partial charge in [-0.3, -0.25) is 0 Å². The maximum atomic E-state index is 3.39. The van der Waals surface area contributed by atoms with Crippen LogP contribution in [0.2, 0.25) is 0 Å². The number of likely N-dealkylation sites (N-methyl/N-ethyl adjacent to an activating group) is 1. The first kappa shape index (κ1) is 15.5. The monoisotopic (exact) mass is 274 g/mol. The number of nitrogens with zero attached hydrogens (tertiary/aromatic N) is 1. The fourth-order valence-electron chi connectivity index (χ4n) is 3.17. The third kappa shape index (κ3) is 4.60. The highest BCUT2D eigenvalue weighted by Crippen LogP contribution is 2.28. The van der Waals surface area contributed by atoms with E-state index in [0.29, 0.717) is 0 Å². The molecule has 112 valence electrons. The average molecular weight is 274 g/mol. The van der Waals surface area contributed by atoms with E-state index in [-0.39, 0.29) is 0 Å². The average Bonchev–Trinajstić information content (AvgIpc) is 2.49. The van der Waals surface area contributed by atoms with Crippen molar-refractivity contribution < 1.29 is 0 Å². The Balaban J connectivity index is 1.81. The van der Waals surface area contributed by atoms with Crippen LogP contribution in [0.3, 0.4) is 0 Å². The first-order valence-electron chi connectivity index (χ1n) is 8.35. The van der Waals surface area contributed by atoms with Crippen molar-refractivity contribution in [3.05, 3.63) is 35.4 Å². The molecule has 1 aliphatic rings. The molecule has 20 heavy (non-hydrogen) atoms. The van der Waals surface area contributed by atoms with Crippen LogP contribution >= 0.6 is 0 Å². The Kier molecular flexibility index (Phi) is 6.55. The van der Waals surface area contributed by atoms with Gasteiger partial charge >= 0.3 is 0 Å². The van der Waals surface area contributed by atoms with Crippen LogP contribution in [-0.4, -0.2) is 37.6 Å². The molecule has 1 N–H and O–H groups in total. The highest BCUT2D eigenvalue weighted by atomic mass is 15.1. The lowest BCUT2D eigenvalue weighted by Crippen LogP contribution is -2.33. The molecule has 0 amide bonds. The molecule has 2 nitrogen and oxygen atoms in total. The molecular weight excluding hydrogens is 244 g/mol. The SMILES string of the molecule is CCCN1CCC(c2ccc(CCNCC)cc2)CC1. The summed E-state index contributed by atoms with van der Waals surface area (Å²) in [7, 11) is 0. The summed E-state index contributed by atoms with van der Waals surface area (Å²) in [5, 5.41) is 3.39. The molecule has 0 unspecified atom stereocenters. The zero-order chi connectivity index (χ0) is 14.2. The zero-order valence-corrected chi connectivity index (χ0v) is 13.2. The van der Waals surface area contributed by atoms with Crippen molar-refractivity contribution in [2.45, 2.75) is 45.4 Å². The number of hydrogen-bond donors (Lipinski definition) is 1. The minimum Gasteiger partial charge on any atom is -0.317 e. The number of benzene rings is 1. The molecule has 2 rings (SSSR count). The van der Waals surface area contributed by atoms with Crippen molar-refractivity contribution in [3.8, 4) is 0 Å². The number of rotatable bonds is 7. The molecule has 1 aromatic carbocycles. The summed E-state index contributed by atoms with van der Waals surface area (Å²) >= 11 is 0. The molecule has 0 saturated carbocycles. The summed E-state index contributed by atoms with van der Waals surface area (Å²) in [6.07, 6.45) is 5.09. The molecule has 0 spiro atoms. The van der Waals surface area contributed by atoms with E-state index < -0.39 is 0 Å². The molecule has 1 fully saturated rings. The van der Waals surface area contributed by atoms with Gasteiger partial charge in [0.2, 0.25) is 0 Å². The van der Waals surface area contributed by atoms with Crippen LogP contribution < -0.4 is 5.32 Å². The Labute approximate surface area is 124 Å². The summed E-state index contributed by atoms with van der Waals surface area (Å²) in [4.78, 5) is 2.61. The second kappa shape index (κ2) is 8.43. The smallest absolute Gasteiger partial charge is 0.000847 e. The van der Waals surface area contributed by atoms with Crippen LogP contribution in [0.4, 0.5) is 0 Å². The Morgan fingerprint density at radius 3 is 2.40 bits per heavy atom. The molecule has 0 atom stereocenters. The normalized spacial score (nSPS) is 17.5. The van der Waals surface area contributed by atoms with Crippen molar-refractivity contribution in [2.75, 3.05) is 32.7 Å². The van der Waals surface area contributed by atoms with Crippen molar-refractivity contribution in [2.24, 2.45) is 0 Å². The fraction of sp³-hybridized carbons (Fsp3) is 0.667. The number of likely N-dealkylation sites (tertiary alicyclic amines) is 1. The lowest BCUT2D eigenvalue weighted by Gasteiger charge is -2.32. The van der Waals surface area contributed by atoms with Crippen LogP contribution in [0.25, 0.3) is 0 Å². The summed E-state index contributed by atoms with van der Waals surface area (Å²) in [6.45, 7) is 10.4. The van der Waals surface area contributed by atoms with E-state index in [0.717, 1.165) is 25.4 Å². The van der Waals surface area contributed by atoms with Crippen LogP contribution in [0.5, 0.6) is 0 Å². The van der Waals surface area contributed by atoms with Crippen LogP contribution in [-0.2, 0) is 6.42 Å².